The van der Waals surface area contributed by atoms with Crippen molar-refractivity contribution in [3.05, 3.63) is 75.5 Å². The van der Waals surface area contributed by atoms with Crippen LogP contribution in [0.4, 0.5) is 4.39 Å². The number of aryl methyl sites for hydroxylation is 2. The predicted octanol–water partition coefficient (Wildman–Crippen LogP) is 2.99. The Kier molecular flexibility index (Phi) is 4.31. The van der Waals surface area contributed by atoms with Crippen LogP contribution in [0.25, 0.3) is 11.5 Å². The number of nitrogens with zero attached hydrogens (tertiary/aromatic N) is 2. The van der Waals surface area contributed by atoms with Crippen molar-refractivity contribution in [1.29, 1.82) is 0 Å². The standard InChI is InChI=1S/C18H17FN2O3/c1-11-7-12(2)9-14(8-11)16(22)10-21-18(23)24-17(20-21)13-3-5-15(19)6-4-13/h3-9,16,22H,10H2,1-2H3. The summed E-state index contributed by atoms with van der Waals surface area (Å²) in [5.74, 6) is -0.962. The molecule has 24 heavy (non-hydrogen) atoms. The molecule has 1 unspecified atom stereocenters. The highest BCUT2D eigenvalue weighted by molar-refractivity contribution is 5.51. The number of benzene rings is 2. The van der Waals surface area contributed by atoms with Crippen LogP contribution < -0.4 is 5.76 Å². The molecule has 0 fully saturated rings. The zero-order valence-electron chi connectivity index (χ0n) is 13.4. The predicted molar refractivity (Wildman–Crippen MR) is 87.0 cm³/mol. The van der Waals surface area contributed by atoms with E-state index in [1.54, 1.807) is 0 Å². The van der Waals surface area contributed by atoms with Crippen LogP contribution in [0.3, 0.4) is 0 Å². The summed E-state index contributed by atoms with van der Waals surface area (Å²) in [6.45, 7) is 3.86. The number of aromatic nitrogens is 2. The normalized spacial score (nSPS) is 12.3. The summed E-state index contributed by atoms with van der Waals surface area (Å²) in [6.07, 6.45) is -0.882. The molecule has 0 aliphatic rings. The third-order valence-corrected chi connectivity index (χ3v) is 3.67. The molecule has 1 N–H and O–H groups in total. The monoisotopic (exact) mass is 328 g/mol. The molecule has 0 aliphatic carbocycles. The highest BCUT2D eigenvalue weighted by Crippen LogP contribution is 2.19. The van der Waals surface area contributed by atoms with Gasteiger partial charge < -0.3 is 9.52 Å². The van der Waals surface area contributed by atoms with Crippen molar-refractivity contribution >= 4 is 0 Å². The van der Waals surface area contributed by atoms with Crippen LogP contribution >= 0.6 is 0 Å². The zero-order valence-corrected chi connectivity index (χ0v) is 13.4. The Morgan fingerprint density at radius 3 is 2.42 bits per heavy atom. The van der Waals surface area contributed by atoms with Crippen molar-refractivity contribution in [2.24, 2.45) is 0 Å². The molecule has 0 aliphatic heterocycles. The van der Waals surface area contributed by atoms with E-state index in [1.807, 2.05) is 32.0 Å². The lowest BCUT2D eigenvalue weighted by atomic mass is 10.0. The van der Waals surface area contributed by atoms with Gasteiger partial charge in [0.25, 0.3) is 0 Å². The molecule has 0 amide bonds. The van der Waals surface area contributed by atoms with Crippen molar-refractivity contribution in [3.8, 4) is 11.5 Å². The van der Waals surface area contributed by atoms with Gasteiger partial charge in [-0.15, -0.1) is 5.10 Å². The van der Waals surface area contributed by atoms with Crippen molar-refractivity contribution < 1.29 is 13.9 Å². The Morgan fingerprint density at radius 1 is 1.17 bits per heavy atom. The van der Waals surface area contributed by atoms with Gasteiger partial charge in [0.2, 0.25) is 5.89 Å². The number of rotatable bonds is 4. The second kappa shape index (κ2) is 6.41. The van der Waals surface area contributed by atoms with Gasteiger partial charge in [0.05, 0.1) is 12.6 Å². The summed E-state index contributed by atoms with van der Waals surface area (Å²) in [5, 5.41) is 14.4. The molecule has 6 heteroatoms. The van der Waals surface area contributed by atoms with E-state index in [-0.39, 0.29) is 18.3 Å². The minimum absolute atomic E-state index is 0.0214. The minimum Gasteiger partial charge on any atom is -0.388 e. The first kappa shape index (κ1) is 16.1. The molecule has 3 aromatic rings. The highest BCUT2D eigenvalue weighted by Gasteiger charge is 2.15. The Bertz CT molecular complexity index is 893. The number of aliphatic hydroxyl groups excluding tert-OH is 1. The maximum absolute atomic E-state index is 13.0. The van der Waals surface area contributed by atoms with E-state index in [9.17, 15) is 14.3 Å². The Balaban J connectivity index is 1.85. The average molecular weight is 328 g/mol. The number of halogens is 1. The molecule has 0 saturated carbocycles. The van der Waals surface area contributed by atoms with Crippen LogP contribution in [-0.2, 0) is 6.54 Å². The van der Waals surface area contributed by atoms with Crippen LogP contribution in [0.1, 0.15) is 22.8 Å². The fourth-order valence-corrected chi connectivity index (χ4v) is 2.60. The van der Waals surface area contributed by atoms with E-state index in [0.717, 1.165) is 15.8 Å². The van der Waals surface area contributed by atoms with E-state index >= 15 is 0 Å². The molecule has 1 heterocycles. The van der Waals surface area contributed by atoms with Gasteiger partial charge in [0.15, 0.2) is 0 Å². The summed E-state index contributed by atoms with van der Waals surface area (Å²) in [5.41, 5.74) is 3.27. The topological polar surface area (TPSA) is 68.3 Å². The number of hydrogen-bond acceptors (Lipinski definition) is 4. The Morgan fingerprint density at radius 2 is 1.79 bits per heavy atom. The number of aliphatic hydroxyl groups is 1. The van der Waals surface area contributed by atoms with Crippen LogP contribution in [0.15, 0.2) is 51.7 Å². The summed E-state index contributed by atoms with van der Waals surface area (Å²) < 4.78 is 19.1. The van der Waals surface area contributed by atoms with E-state index in [0.29, 0.717) is 11.1 Å². The fraction of sp³-hybridized carbons (Fsp3) is 0.222. The summed E-state index contributed by atoms with van der Waals surface area (Å²) in [7, 11) is 0. The molecule has 0 saturated heterocycles. The van der Waals surface area contributed by atoms with E-state index < -0.39 is 11.9 Å². The lowest BCUT2D eigenvalue weighted by Gasteiger charge is -2.11. The summed E-state index contributed by atoms with van der Waals surface area (Å²) >= 11 is 0. The highest BCUT2D eigenvalue weighted by atomic mass is 19.1. The maximum Gasteiger partial charge on any atom is 0.437 e. The van der Waals surface area contributed by atoms with Crippen molar-refractivity contribution in [2.45, 2.75) is 26.5 Å². The largest absolute Gasteiger partial charge is 0.437 e. The lowest BCUT2D eigenvalue weighted by molar-refractivity contribution is 0.148. The number of hydrogen-bond donors (Lipinski definition) is 1. The average Bonchev–Trinajstić information content (AvgIpc) is 2.88. The molecule has 0 radical (unpaired) electrons. The van der Waals surface area contributed by atoms with Crippen LogP contribution in [0.2, 0.25) is 0 Å². The molecule has 3 rings (SSSR count). The fourth-order valence-electron chi connectivity index (χ4n) is 2.60. The molecule has 0 spiro atoms. The van der Waals surface area contributed by atoms with Crippen molar-refractivity contribution in [3.63, 3.8) is 0 Å². The Labute approximate surface area is 138 Å². The van der Waals surface area contributed by atoms with Gasteiger partial charge in [0, 0.05) is 5.56 Å². The third kappa shape index (κ3) is 3.44. The van der Waals surface area contributed by atoms with Crippen molar-refractivity contribution in [1.82, 2.24) is 9.78 Å². The molecular formula is C18H17FN2O3. The SMILES string of the molecule is Cc1cc(C)cc(C(O)Cn2nc(-c3ccc(F)cc3)oc2=O)c1. The third-order valence-electron chi connectivity index (χ3n) is 3.67. The molecule has 124 valence electrons. The maximum atomic E-state index is 13.0. The van der Waals surface area contributed by atoms with Gasteiger partial charge in [-0.2, -0.15) is 4.68 Å². The first-order valence-electron chi connectivity index (χ1n) is 7.52. The second-order valence-electron chi connectivity index (χ2n) is 5.80. The minimum atomic E-state index is -0.882. The molecule has 1 aromatic heterocycles. The smallest absolute Gasteiger partial charge is 0.388 e. The van der Waals surface area contributed by atoms with Crippen LogP contribution in [0.5, 0.6) is 0 Å². The van der Waals surface area contributed by atoms with Gasteiger partial charge >= 0.3 is 5.76 Å². The van der Waals surface area contributed by atoms with Crippen LogP contribution in [0, 0.1) is 19.7 Å². The van der Waals surface area contributed by atoms with Gasteiger partial charge in [0.1, 0.15) is 5.82 Å². The first-order chi connectivity index (χ1) is 11.4. The summed E-state index contributed by atoms with van der Waals surface area (Å²) in [4.78, 5) is 11.9. The first-order valence-corrected chi connectivity index (χ1v) is 7.52. The lowest BCUT2D eigenvalue weighted by Crippen LogP contribution is -2.20. The van der Waals surface area contributed by atoms with E-state index in [2.05, 4.69) is 5.10 Å². The van der Waals surface area contributed by atoms with E-state index in [1.165, 1.54) is 24.3 Å². The molecule has 1 atom stereocenters. The molecule has 5 nitrogen and oxygen atoms in total. The van der Waals surface area contributed by atoms with Gasteiger partial charge in [-0.1, -0.05) is 29.3 Å². The molecular weight excluding hydrogens is 311 g/mol. The van der Waals surface area contributed by atoms with Crippen molar-refractivity contribution in [2.75, 3.05) is 0 Å². The Hall–Kier alpha value is -2.73. The summed E-state index contributed by atoms with van der Waals surface area (Å²) in [6, 6.07) is 11.2. The van der Waals surface area contributed by atoms with E-state index in [4.69, 9.17) is 4.42 Å². The molecule has 2 aromatic carbocycles. The van der Waals surface area contributed by atoms with Gasteiger partial charge in [-0.05, 0) is 43.7 Å². The van der Waals surface area contributed by atoms with Gasteiger partial charge in [-0.25, -0.2) is 9.18 Å². The van der Waals surface area contributed by atoms with Crippen LogP contribution in [-0.4, -0.2) is 14.9 Å². The zero-order chi connectivity index (χ0) is 17.3. The van der Waals surface area contributed by atoms with Gasteiger partial charge in [-0.3, -0.25) is 0 Å². The quantitative estimate of drug-likeness (QED) is 0.799. The second-order valence-corrected chi connectivity index (χ2v) is 5.80. The molecule has 0 bridgehead atoms.